The predicted octanol–water partition coefficient (Wildman–Crippen LogP) is 10.7. The number of hydrogen-bond donors (Lipinski definition) is 0. The van der Waals surface area contributed by atoms with Crippen LogP contribution in [0.1, 0.15) is 137 Å². The lowest BCUT2D eigenvalue weighted by Crippen LogP contribution is -2.07. The van der Waals surface area contributed by atoms with Gasteiger partial charge < -0.3 is 0 Å². The van der Waals surface area contributed by atoms with Gasteiger partial charge >= 0.3 is 0 Å². The SMILES string of the molecule is CCCCCCCCCCCCCCCCCCOS(=O)(=O)c1ccccc1.CC[P+](CC)(CC)CC. The van der Waals surface area contributed by atoms with Crippen LogP contribution < -0.4 is 0 Å². The van der Waals surface area contributed by atoms with E-state index in [1.165, 1.54) is 115 Å². The molecular weight excluding hydrogens is 495 g/mol. The highest BCUT2D eigenvalue weighted by atomic mass is 32.2. The molecule has 0 saturated carbocycles. The average Bonchev–Trinajstić information content (AvgIpc) is 2.93. The molecule has 0 aliphatic heterocycles. The van der Waals surface area contributed by atoms with Crippen LogP contribution in [0.3, 0.4) is 0 Å². The van der Waals surface area contributed by atoms with Crippen LogP contribution in [0.15, 0.2) is 35.2 Å². The van der Waals surface area contributed by atoms with Gasteiger partial charge in [-0.05, 0) is 46.2 Å². The van der Waals surface area contributed by atoms with E-state index >= 15 is 0 Å². The van der Waals surface area contributed by atoms with E-state index in [1.54, 1.807) is 30.3 Å². The lowest BCUT2D eigenvalue weighted by atomic mass is 10.0. The first-order valence-corrected chi connectivity index (χ1v) is 19.6. The smallest absolute Gasteiger partial charge is 0.266 e. The Morgan fingerprint density at radius 1 is 0.541 bits per heavy atom. The van der Waals surface area contributed by atoms with Crippen LogP contribution in [0.4, 0.5) is 0 Å². The zero-order valence-corrected chi connectivity index (χ0v) is 27.0. The molecule has 0 aromatic heterocycles. The molecule has 218 valence electrons. The zero-order valence-electron chi connectivity index (χ0n) is 25.3. The van der Waals surface area contributed by atoms with E-state index in [1.807, 2.05) is 0 Å². The molecule has 1 aromatic carbocycles. The van der Waals surface area contributed by atoms with Crippen LogP contribution in [0, 0.1) is 0 Å². The maximum absolute atomic E-state index is 12.0. The molecule has 5 heteroatoms. The van der Waals surface area contributed by atoms with Crippen LogP contribution in [0.2, 0.25) is 0 Å². The number of benzene rings is 1. The van der Waals surface area contributed by atoms with Crippen LogP contribution in [0.25, 0.3) is 0 Å². The molecule has 0 atom stereocenters. The van der Waals surface area contributed by atoms with Gasteiger partial charge in [0, 0.05) is 7.26 Å². The molecule has 0 N–H and O–H groups in total. The van der Waals surface area contributed by atoms with E-state index in [2.05, 4.69) is 34.6 Å². The van der Waals surface area contributed by atoms with E-state index in [9.17, 15) is 8.42 Å². The number of hydrogen-bond acceptors (Lipinski definition) is 3. The summed E-state index contributed by atoms with van der Waals surface area (Å²) in [5.74, 6) is 0. The summed E-state index contributed by atoms with van der Waals surface area (Å²) in [5.41, 5.74) is 0. The third-order valence-corrected chi connectivity index (χ3v) is 14.6. The predicted molar refractivity (Wildman–Crippen MR) is 168 cm³/mol. The quantitative estimate of drug-likeness (QED) is 0.0763. The second-order valence-corrected chi connectivity index (χ2v) is 17.3. The van der Waals surface area contributed by atoms with Crippen molar-refractivity contribution in [1.29, 1.82) is 0 Å². The Hall–Kier alpha value is -0.440. The molecule has 0 radical (unpaired) electrons. The average molecular weight is 558 g/mol. The largest absolute Gasteiger partial charge is 0.296 e. The van der Waals surface area contributed by atoms with Gasteiger partial charge in [-0.2, -0.15) is 8.42 Å². The lowest BCUT2D eigenvalue weighted by Gasteiger charge is -2.20. The van der Waals surface area contributed by atoms with Gasteiger partial charge in [-0.1, -0.05) is 121 Å². The number of rotatable bonds is 23. The Kier molecular flexibility index (Phi) is 24.3. The Morgan fingerprint density at radius 2 is 0.892 bits per heavy atom. The van der Waals surface area contributed by atoms with Crippen molar-refractivity contribution in [2.45, 2.75) is 142 Å². The van der Waals surface area contributed by atoms with E-state index in [0.717, 1.165) is 12.8 Å². The maximum atomic E-state index is 12.0. The molecule has 0 aliphatic rings. The summed E-state index contributed by atoms with van der Waals surface area (Å²) in [4.78, 5) is 0.242. The van der Waals surface area contributed by atoms with Gasteiger partial charge in [-0.15, -0.1) is 0 Å². The Morgan fingerprint density at radius 3 is 1.22 bits per heavy atom. The van der Waals surface area contributed by atoms with Crippen molar-refractivity contribution < 1.29 is 12.6 Å². The molecule has 0 unspecified atom stereocenters. The molecule has 1 aromatic rings. The minimum absolute atomic E-state index is 0.242. The molecule has 0 aliphatic carbocycles. The van der Waals surface area contributed by atoms with Crippen molar-refractivity contribution in [1.82, 2.24) is 0 Å². The highest BCUT2D eigenvalue weighted by Gasteiger charge is 2.27. The summed E-state index contributed by atoms with van der Waals surface area (Å²) in [7, 11) is -4.00. The monoisotopic (exact) mass is 557 g/mol. The summed E-state index contributed by atoms with van der Waals surface area (Å²) in [5, 5.41) is 0. The highest BCUT2D eigenvalue weighted by molar-refractivity contribution is 7.86. The molecule has 0 amide bonds. The second-order valence-electron chi connectivity index (χ2n) is 10.5. The summed E-state index contributed by atoms with van der Waals surface area (Å²) in [6, 6.07) is 8.37. The normalized spacial score (nSPS) is 11.8. The van der Waals surface area contributed by atoms with E-state index in [4.69, 9.17) is 4.18 Å². The molecule has 0 bridgehead atoms. The van der Waals surface area contributed by atoms with Gasteiger partial charge in [-0.3, -0.25) is 4.18 Å². The molecule has 0 fully saturated rings. The minimum atomic E-state index is -3.58. The van der Waals surface area contributed by atoms with Crippen molar-refractivity contribution in [2.24, 2.45) is 0 Å². The molecule has 0 heterocycles. The minimum Gasteiger partial charge on any atom is -0.266 e. The molecule has 3 nitrogen and oxygen atoms in total. The highest BCUT2D eigenvalue weighted by Crippen LogP contribution is 2.57. The Bertz CT molecular complexity index is 684. The molecule has 1 rings (SSSR count). The third-order valence-electron chi connectivity index (χ3n) is 7.95. The van der Waals surface area contributed by atoms with Crippen molar-refractivity contribution in [3.63, 3.8) is 0 Å². The van der Waals surface area contributed by atoms with Crippen LogP contribution in [-0.4, -0.2) is 39.7 Å². The van der Waals surface area contributed by atoms with Crippen molar-refractivity contribution in [3.05, 3.63) is 30.3 Å². The first-order valence-electron chi connectivity index (χ1n) is 15.7. The molecule has 0 saturated heterocycles. The fraction of sp³-hybridized carbons (Fsp3) is 0.812. The van der Waals surface area contributed by atoms with Crippen LogP contribution in [-0.2, 0) is 14.3 Å². The standard InChI is InChI=1S/C24H42O3S.C8H20P/c1-2-3-4-5-6-7-8-9-10-11-12-13-14-15-16-20-23-27-28(25,26)24-21-18-17-19-22-24;1-5-9(6-2,7-3)8-4/h17-19,21-22H,2-16,20,23H2,1H3;5-8H2,1-4H3/q;+1. The summed E-state index contributed by atoms with van der Waals surface area (Å²) in [6.45, 7) is 12.0. The van der Waals surface area contributed by atoms with Crippen LogP contribution in [0.5, 0.6) is 0 Å². The summed E-state index contributed by atoms with van der Waals surface area (Å²) < 4.78 is 29.0. The van der Waals surface area contributed by atoms with E-state index in [-0.39, 0.29) is 11.5 Å². The van der Waals surface area contributed by atoms with E-state index < -0.39 is 17.4 Å². The van der Waals surface area contributed by atoms with E-state index in [0.29, 0.717) is 0 Å². The molecule has 0 spiro atoms. The first kappa shape index (κ1) is 36.6. The Balaban J connectivity index is 0.00000122. The molecule has 37 heavy (non-hydrogen) atoms. The van der Waals surface area contributed by atoms with Gasteiger partial charge in [0.05, 0.1) is 36.2 Å². The lowest BCUT2D eigenvalue weighted by molar-refractivity contribution is 0.306. The van der Waals surface area contributed by atoms with Gasteiger partial charge in [0.2, 0.25) is 0 Å². The maximum Gasteiger partial charge on any atom is 0.296 e. The topological polar surface area (TPSA) is 43.4 Å². The Labute approximate surface area is 233 Å². The van der Waals surface area contributed by atoms with Gasteiger partial charge in [0.25, 0.3) is 10.1 Å². The fourth-order valence-electron chi connectivity index (χ4n) is 4.82. The van der Waals surface area contributed by atoms with Crippen LogP contribution >= 0.6 is 7.26 Å². The van der Waals surface area contributed by atoms with Crippen molar-refractivity contribution >= 4 is 17.4 Å². The summed E-state index contributed by atoms with van der Waals surface area (Å²) in [6.07, 6.45) is 26.8. The zero-order chi connectivity index (χ0) is 27.7. The fourth-order valence-corrected chi connectivity index (χ4v) is 8.46. The van der Waals surface area contributed by atoms with Gasteiger partial charge in [-0.25, -0.2) is 0 Å². The van der Waals surface area contributed by atoms with Crippen molar-refractivity contribution in [3.8, 4) is 0 Å². The van der Waals surface area contributed by atoms with Gasteiger partial charge in [0.15, 0.2) is 0 Å². The molecular formula is C32H62O3PS+. The third kappa shape index (κ3) is 19.3. The summed E-state index contributed by atoms with van der Waals surface area (Å²) >= 11 is 0. The van der Waals surface area contributed by atoms with Gasteiger partial charge in [0.1, 0.15) is 0 Å². The van der Waals surface area contributed by atoms with Crippen molar-refractivity contribution in [2.75, 3.05) is 31.3 Å². The number of unbranched alkanes of at least 4 members (excludes halogenated alkanes) is 15. The first-order chi connectivity index (χ1) is 17.9. The second kappa shape index (κ2) is 24.6.